The van der Waals surface area contributed by atoms with Gasteiger partial charge >= 0.3 is 0 Å². The first kappa shape index (κ1) is 20.5. The van der Waals surface area contributed by atoms with Crippen LogP contribution in [0.4, 0.5) is 0 Å². The van der Waals surface area contributed by atoms with Crippen LogP contribution in [0.5, 0.6) is 0 Å². The fraction of sp³-hybridized carbons (Fsp3) is 0.300. The largest absolute Gasteiger partial charge is 0.459 e. The van der Waals surface area contributed by atoms with Gasteiger partial charge in [0.25, 0.3) is 5.91 Å². The fourth-order valence-electron chi connectivity index (χ4n) is 2.98. The maximum Gasteiger partial charge on any atom is 0.287 e. The van der Waals surface area contributed by atoms with Crippen LogP contribution in [0.15, 0.2) is 53.1 Å². The monoisotopic (exact) mass is 413 g/mol. The Hall–Kier alpha value is -3.20. The van der Waals surface area contributed by atoms with Gasteiger partial charge in [0, 0.05) is 25.9 Å². The summed E-state index contributed by atoms with van der Waals surface area (Å²) in [5, 5.41) is 12.6. The number of benzene rings is 1. The molecule has 0 aliphatic carbocycles. The molecule has 2 amide bonds. The predicted octanol–water partition coefficient (Wildman–Crippen LogP) is 2.25. The van der Waals surface area contributed by atoms with Crippen LogP contribution in [0.25, 0.3) is 0 Å². The highest BCUT2D eigenvalue weighted by Crippen LogP contribution is 2.06. The lowest BCUT2D eigenvalue weighted by Crippen LogP contribution is -2.48. The minimum Gasteiger partial charge on any atom is -0.459 e. The number of rotatable bonds is 9. The Bertz CT molecular complexity index is 995. The Balaban J connectivity index is 1.64. The van der Waals surface area contributed by atoms with Gasteiger partial charge in [0.15, 0.2) is 10.5 Å². The number of hydrogen-bond donors (Lipinski definition) is 3. The van der Waals surface area contributed by atoms with Gasteiger partial charge in [-0.15, -0.1) is 0 Å². The number of nitrogens with zero attached hydrogens (tertiary/aromatic N) is 2. The summed E-state index contributed by atoms with van der Waals surface area (Å²) in [5.74, 6) is 0.232. The van der Waals surface area contributed by atoms with E-state index >= 15 is 0 Å². The van der Waals surface area contributed by atoms with Gasteiger partial charge in [0.05, 0.1) is 6.26 Å². The van der Waals surface area contributed by atoms with E-state index in [2.05, 4.69) is 20.8 Å². The van der Waals surface area contributed by atoms with Crippen molar-refractivity contribution in [3.8, 4) is 0 Å². The first-order valence-corrected chi connectivity index (χ1v) is 9.79. The normalized spacial score (nSPS) is 11.8. The Kier molecular flexibility index (Phi) is 6.96. The first-order chi connectivity index (χ1) is 14.1. The zero-order valence-electron chi connectivity index (χ0n) is 16.1. The number of aromatic nitrogens is 3. The fourth-order valence-corrected chi connectivity index (χ4v) is 3.26. The van der Waals surface area contributed by atoms with Crippen LogP contribution >= 0.6 is 12.2 Å². The van der Waals surface area contributed by atoms with Crippen LogP contribution in [0.1, 0.15) is 28.9 Å². The molecule has 3 aromatic rings. The second kappa shape index (κ2) is 9.83. The van der Waals surface area contributed by atoms with Crippen molar-refractivity contribution in [2.45, 2.75) is 32.4 Å². The van der Waals surface area contributed by atoms with E-state index in [9.17, 15) is 9.59 Å². The van der Waals surface area contributed by atoms with Crippen molar-refractivity contribution in [3.63, 3.8) is 0 Å². The van der Waals surface area contributed by atoms with Crippen molar-refractivity contribution in [2.24, 2.45) is 0 Å². The molecule has 0 spiro atoms. The van der Waals surface area contributed by atoms with Crippen LogP contribution in [0.2, 0.25) is 0 Å². The molecule has 3 N–H and O–H groups in total. The molecule has 1 aromatic carbocycles. The number of H-pyrrole nitrogens is 1. The molecule has 0 saturated heterocycles. The van der Waals surface area contributed by atoms with Crippen molar-refractivity contribution >= 4 is 24.0 Å². The first-order valence-electron chi connectivity index (χ1n) is 9.38. The number of carbonyl (C=O) groups excluding carboxylic acids is 2. The van der Waals surface area contributed by atoms with Gasteiger partial charge in [-0.1, -0.05) is 30.3 Å². The summed E-state index contributed by atoms with van der Waals surface area (Å²) in [6.45, 7) is 3.06. The van der Waals surface area contributed by atoms with E-state index in [0.29, 0.717) is 30.7 Å². The molecule has 8 nitrogen and oxygen atoms in total. The molecular weight excluding hydrogens is 390 g/mol. The van der Waals surface area contributed by atoms with Crippen molar-refractivity contribution in [1.82, 2.24) is 25.4 Å². The zero-order chi connectivity index (χ0) is 20.6. The second-order valence-electron chi connectivity index (χ2n) is 6.42. The van der Waals surface area contributed by atoms with Crippen LogP contribution in [0, 0.1) is 4.77 Å². The Morgan fingerprint density at radius 3 is 2.72 bits per heavy atom. The Morgan fingerprint density at radius 1 is 1.24 bits per heavy atom. The van der Waals surface area contributed by atoms with Crippen molar-refractivity contribution < 1.29 is 14.0 Å². The van der Waals surface area contributed by atoms with Gasteiger partial charge in [0.2, 0.25) is 5.91 Å². The van der Waals surface area contributed by atoms with E-state index in [1.54, 1.807) is 12.1 Å². The van der Waals surface area contributed by atoms with E-state index in [1.165, 1.54) is 6.26 Å². The molecule has 0 saturated carbocycles. The average Bonchev–Trinajstić information content (AvgIpc) is 3.38. The summed E-state index contributed by atoms with van der Waals surface area (Å²) in [6.07, 6.45) is 2.31. The minimum absolute atomic E-state index is 0.161. The third-order valence-electron chi connectivity index (χ3n) is 4.45. The van der Waals surface area contributed by atoms with Gasteiger partial charge in [-0.2, -0.15) is 5.10 Å². The molecule has 29 heavy (non-hydrogen) atoms. The van der Waals surface area contributed by atoms with Crippen LogP contribution in [-0.2, 0) is 24.2 Å². The van der Waals surface area contributed by atoms with E-state index < -0.39 is 11.9 Å². The van der Waals surface area contributed by atoms with Crippen molar-refractivity contribution in [3.05, 3.63) is 70.6 Å². The topological polar surface area (TPSA) is 105 Å². The highest BCUT2D eigenvalue weighted by Gasteiger charge is 2.23. The SMILES string of the molecule is CCn1c(CCNC(=O)C(Cc2ccccc2)NC(=O)c2ccco2)n[nH]c1=S. The zero-order valence-corrected chi connectivity index (χ0v) is 16.9. The predicted molar refractivity (Wildman–Crippen MR) is 110 cm³/mol. The maximum atomic E-state index is 12.8. The summed E-state index contributed by atoms with van der Waals surface area (Å²) >= 11 is 5.18. The van der Waals surface area contributed by atoms with Crippen molar-refractivity contribution in [1.29, 1.82) is 0 Å². The van der Waals surface area contributed by atoms with Gasteiger partial charge in [0.1, 0.15) is 11.9 Å². The number of furan rings is 1. The molecule has 0 fully saturated rings. The molecule has 0 aliphatic rings. The molecule has 152 valence electrons. The second-order valence-corrected chi connectivity index (χ2v) is 6.81. The van der Waals surface area contributed by atoms with Crippen LogP contribution < -0.4 is 10.6 Å². The van der Waals surface area contributed by atoms with Crippen LogP contribution in [0.3, 0.4) is 0 Å². The van der Waals surface area contributed by atoms with Crippen molar-refractivity contribution in [2.75, 3.05) is 6.54 Å². The summed E-state index contributed by atoms with van der Waals surface area (Å²) < 4.78 is 7.56. The molecule has 0 aliphatic heterocycles. The highest BCUT2D eigenvalue weighted by atomic mass is 32.1. The van der Waals surface area contributed by atoms with E-state index in [-0.39, 0.29) is 11.7 Å². The maximum absolute atomic E-state index is 12.8. The lowest BCUT2D eigenvalue weighted by molar-refractivity contribution is -0.122. The third kappa shape index (κ3) is 5.41. The lowest BCUT2D eigenvalue weighted by atomic mass is 10.0. The summed E-state index contributed by atoms with van der Waals surface area (Å²) in [6, 6.07) is 12.0. The van der Waals surface area contributed by atoms with E-state index in [0.717, 1.165) is 11.4 Å². The minimum atomic E-state index is -0.734. The lowest BCUT2D eigenvalue weighted by Gasteiger charge is -2.18. The van der Waals surface area contributed by atoms with E-state index in [4.69, 9.17) is 16.6 Å². The summed E-state index contributed by atoms with van der Waals surface area (Å²) in [4.78, 5) is 25.2. The van der Waals surface area contributed by atoms with Crippen LogP contribution in [-0.4, -0.2) is 39.2 Å². The average molecular weight is 414 g/mol. The van der Waals surface area contributed by atoms with Gasteiger partial charge in [-0.25, -0.2) is 0 Å². The highest BCUT2D eigenvalue weighted by molar-refractivity contribution is 7.71. The van der Waals surface area contributed by atoms with E-state index in [1.807, 2.05) is 41.8 Å². The number of nitrogens with one attached hydrogen (secondary N) is 3. The molecule has 0 radical (unpaired) electrons. The summed E-state index contributed by atoms with van der Waals surface area (Å²) in [5.41, 5.74) is 0.944. The molecule has 2 aromatic heterocycles. The standard InChI is InChI=1S/C20H23N5O3S/c1-2-25-17(23-24-20(25)29)10-11-21-18(26)15(13-14-7-4-3-5-8-14)22-19(27)16-9-6-12-28-16/h3-9,12,15H,2,10-11,13H2,1H3,(H,21,26)(H,22,27)(H,24,29). The van der Waals surface area contributed by atoms with Gasteiger partial charge in [-0.3, -0.25) is 14.7 Å². The molecule has 2 heterocycles. The Morgan fingerprint density at radius 2 is 2.03 bits per heavy atom. The number of aromatic amines is 1. The molecule has 9 heteroatoms. The van der Waals surface area contributed by atoms with Gasteiger partial charge in [-0.05, 0) is 36.8 Å². The Labute approximate surface area is 173 Å². The molecule has 0 bridgehead atoms. The molecule has 1 atom stereocenters. The molecule has 1 unspecified atom stereocenters. The van der Waals surface area contributed by atoms with Gasteiger partial charge < -0.3 is 19.6 Å². The molecular formula is C20H23N5O3S. The number of carbonyl (C=O) groups is 2. The molecule has 3 rings (SSSR count). The third-order valence-corrected chi connectivity index (χ3v) is 4.76. The number of hydrogen-bond acceptors (Lipinski definition) is 5. The quantitative estimate of drug-likeness (QED) is 0.467. The number of amides is 2. The summed E-state index contributed by atoms with van der Waals surface area (Å²) in [7, 11) is 0. The smallest absolute Gasteiger partial charge is 0.287 e.